The molecule has 0 spiro atoms. The standard InChI is InChI=1S/C13H11N3O/c14-8-10-12(16-6-3-7-16)9-4-1-2-5-11(9)15-13(10)17/h1-2,4-5H,3,6-7H2,(H,15,17). The van der Waals surface area contributed by atoms with Gasteiger partial charge < -0.3 is 9.88 Å². The van der Waals surface area contributed by atoms with Crippen molar-refractivity contribution < 1.29 is 0 Å². The Kier molecular flexibility index (Phi) is 2.12. The Morgan fingerprint density at radius 1 is 1.29 bits per heavy atom. The van der Waals surface area contributed by atoms with Crippen LogP contribution in [-0.2, 0) is 0 Å². The Hall–Kier alpha value is -2.28. The van der Waals surface area contributed by atoms with Crippen LogP contribution in [0.5, 0.6) is 0 Å². The Bertz CT molecular complexity index is 677. The summed E-state index contributed by atoms with van der Waals surface area (Å²) in [7, 11) is 0. The van der Waals surface area contributed by atoms with Crippen molar-refractivity contribution >= 4 is 16.6 Å². The van der Waals surface area contributed by atoms with Crippen LogP contribution in [0.15, 0.2) is 29.1 Å². The van der Waals surface area contributed by atoms with Crippen LogP contribution < -0.4 is 10.5 Å². The lowest BCUT2D eigenvalue weighted by molar-refractivity contribution is 0.618. The molecule has 17 heavy (non-hydrogen) atoms. The average molecular weight is 225 g/mol. The summed E-state index contributed by atoms with van der Waals surface area (Å²) in [6.45, 7) is 1.84. The van der Waals surface area contributed by atoms with Gasteiger partial charge >= 0.3 is 0 Å². The molecule has 2 aromatic rings. The van der Waals surface area contributed by atoms with E-state index in [1.54, 1.807) is 0 Å². The third-order valence-corrected chi connectivity index (χ3v) is 3.18. The largest absolute Gasteiger partial charge is 0.370 e. The molecule has 1 aromatic heterocycles. The number of hydrogen-bond donors (Lipinski definition) is 1. The van der Waals surface area contributed by atoms with E-state index in [9.17, 15) is 4.79 Å². The Morgan fingerprint density at radius 2 is 2.06 bits per heavy atom. The normalized spacial score (nSPS) is 14.4. The van der Waals surface area contributed by atoms with Crippen molar-refractivity contribution in [2.75, 3.05) is 18.0 Å². The lowest BCUT2D eigenvalue weighted by Gasteiger charge is -2.34. The van der Waals surface area contributed by atoms with E-state index >= 15 is 0 Å². The highest BCUT2D eigenvalue weighted by molar-refractivity contribution is 5.94. The number of benzene rings is 1. The van der Waals surface area contributed by atoms with Gasteiger partial charge in [0.2, 0.25) is 0 Å². The van der Waals surface area contributed by atoms with E-state index in [0.29, 0.717) is 0 Å². The maximum atomic E-state index is 11.8. The molecule has 84 valence electrons. The van der Waals surface area contributed by atoms with Crippen molar-refractivity contribution in [1.29, 1.82) is 5.26 Å². The van der Waals surface area contributed by atoms with E-state index in [2.05, 4.69) is 9.88 Å². The third kappa shape index (κ3) is 1.40. The molecule has 1 N–H and O–H groups in total. The SMILES string of the molecule is N#Cc1c(N2CCC2)c2ccccc2[nH]c1=O. The summed E-state index contributed by atoms with van der Waals surface area (Å²) in [4.78, 5) is 16.7. The van der Waals surface area contributed by atoms with E-state index < -0.39 is 0 Å². The zero-order valence-corrected chi connectivity index (χ0v) is 9.23. The quantitative estimate of drug-likeness (QED) is 0.802. The lowest BCUT2D eigenvalue weighted by Crippen LogP contribution is -2.38. The molecule has 0 unspecified atom stereocenters. The maximum Gasteiger partial charge on any atom is 0.268 e. The number of anilines is 1. The molecule has 0 radical (unpaired) electrons. The van der Waals surface area contributed by atoms with Gasteiger partial charge in [-0.3, -0.25) is 4.79 Å². The molecule has 4 nitrogen and oxygen atoms in total. The van der Waals surface area contributed by atoms with Crippen molar-refractivity contribution in [1.82, 2.24) is 4.98 Å². The lowest BCUT2D eigenvalue weighted by atomic mass is 10.1. The third-order valence-electron chi connectivity index (χ3n) is 3.18. The van der Waals surface area contributed by atoms with Crippen LogP contribution in [0.25, 0.3) is 10.9 Å². The highest BCUT2D eigenvalue weighted by Crippen LogP contribution is 2.30. The minimum atomic E-state index is -0.298. The van der Waals surface area contributed by atoms with Crippen molar-refractivity contribution in [3.63, 3.8) is 0 Å². The molecule has 1 aromatic carbocycles. The second-order valence-electron chi connectivity index (χ2n) is 4.18. The minimum Gasteiger partial charge on any atom is -0.370 e. The summed E-state index contributed by atoms with van der Waals surface area (Å²) >= 11 is 0. The fourth-order valence-corrected chi connectivity index (χ4v) is 2.20. The van der Waals surface area contributed by atoms with Crippen molar-refractivity contribution in [3.8, 4) is 6.07 Å². The number of hydrogen-bond acceptors (Lipinski definition) is 3. The number of nitriles is 1. The first kappa shape index (κ1) is 9.91. The Labute approximate surface area is 98.1 Å². The zero-order valence-electron chi connectivity index (χ0n) is 9.23. The van der Waals surface area contributed by atoms with E-state index in [1.165, 1.54) is 0 Å². The van der Waals surface area contributed by atoms with E-state index in [4.69, 9.17) is 5.26 Å². The van der Waals surface area contributed by atoms with E-state index in [1.807, 2.05) is 30.3 Å². The summed E-state index contributed by atoms with van der Waals surface area (Å²) in [5, 5.41) is 10.1. The Morgan fingerprint density at radius 3 is 2.71 bits per heavy atom. The number of H-pyrrole nitrogens is 1. The number of aromatic amines is 1. The highest BCUT2D eigenvalue weighted by atomic mass is 16.1. The van der Waals surface area contributed by atoms with Crippen molar-refractivity contribution in [3.05, 3.63) is 40.2 Å². The molecule has 0 saturated carbocycles. The molecule has 0 bridgehead atoms. The molecule has 1 fully saturated rings. The molecule has 4 heteroatoms. The van der Waals surface area contributed by atoms with Gasteiger partial charge in [-0.1, -0.05) is 18.2 Å². The van der Waals surface area contributed by atoms with Gasteiger partial charge in [-0.15, -0.1) is 0 Å². The fourth-order valence-electron chi connectivity index (χ4n) is 2.20. The van der Waals surface area contributed by atoms with Gasteiger partial charge in [-0.05, 0) is 12.5 Å². The summed E-state index contributed by atoms with van der Waals surface area (Å²) < 4.78 is 0. The molecule has 1 saturated heterocycles. The first-order chi connectivity index (χ1) is 8.31. The smallest absolute Gasteiger partial charge is 0.268 e. The highest BCUT2D eigenvalue weighted by Gasteiger charge is 2.22. The van der Waals surface area contributed by atoms with Gasteiger partial charge in [0, 0.05) is 18.5 Å². The Balaban J connectivity index is 2.41. The number of fused-ring (bicyclic) bond motifs is 1. The molecule has 2 heterocycles. The molecule has 3 rings (SSSR count). The topological polar surface area (TPSA) is 59.9 Å². The average Bonchev–Trinajstić information content (AvgIpc) is 2.27. The van der Waals surface area contributed by atoms with Crippen molar-refractivity contribution in [2.24, 2.45) is 0 Å². The zero-order chi connectivity index (χ0) is 11.8. The second kappa shape index (κ2) is 3.63. The van der Waals surface area contributed by atoms with Gasteiger partial charge in [0.15, 0.2) is 0 Å². The van der Waals surface area contributed by atoms with E-state index in [-0.39, 0.29) is 11.1 Å². The summed E-state index contributed by atoms with van der Waals surface area (Å²) in [5.74, 6) is 0. The van der Waals surface area contributed by atoms with Crippen LogP contribution in [0.3, 0.4) is 0 Å². The molecule has 0 aliphatic carbocycles. The number of rotatable bonds is 1. The summed E-state index contributed by atoms with van der Waals surface area (Å²) in [6, 6.07) is 9.63. The van der Waals surface area contributed by atoms with Crippen LogP contribution in [0.1, 0.15) is 12.0 Å². The minimum absolute atomic E-state index is 0.225. The van der Waals surface area contributed by atoms with Crippen LogP contribution in [0, 0.1) is 11.3 Å². The van der Waals surface area contributed by atoms with Gasteiger partial charge in [-0.25, -0.2) is 0 Å². The predicted octanol–water partition coefficient (Wildman–Crippen LogP) is 1.61. The first-order valence-electron chi connectivity index (χ1n) is 5.61. The van der Waals surface area contributed by atoms with Gasteiger partial charge in [0.05, 0.1) is 11.2 Å². The van der Waals surface area contributed by atoms with Gasteiger partial charge in [0.1, 0.15) is 11.6 Å². The first-order valence-corrected chi connectivity index (χ1v) is 5.61. The molecule has 1 aliphatic rings. The predicted molar refractivity (Wildman–Crippen MR) is 66.1 cm³/mol. The molecular weight excluding hydrogens is 214 g/mol. The van der Waals surface area contributed by atoms with Crippen LogP contribution in [0.2, 0.25) is 0 Å². The number of pyridine rings is 1. The van der Waals surface area contributed by atoms with Crippen LogP contribution in [0.4, 0.5) is 5.69 Å². The second-order valence-corrected chi connectivity index (χ2v) is 4.18. The van der Waals surface area contributed by atoms with E-state index in [0.717, 1.165) is 36.1 Å². The summed E-state index contributed by atoms with van der Waals surface area (Å²) in [5.41, 5.74) is 1.51. The van der Waals surface area contributed by atoms with Gasteiger partial charge in [-0.2, -0.15) is 5.26 Å². The maximum absolute atomic E-state index is 11.8. The number of nitrogens with zero attached hydrogens (tertiary/aromatic N) is 2. The number of para-hydroxylation sites is 1. The molecule has 0 atom stereocenters. The fraction of sp³-hybridized carbons (Fsp3) is 0.231. The number of aromatic nitrogens is 1. The van der Waals surface area contributed by atoms with Crippen LogP contribution >= 0.6 is 0 Å². The monoisotopic (exact) mass is 225 g/mol. The summed E-state index contributed by atoms with van der Waals surface area (Å²) in [6.07, 6.45) is 1.12. The molecular formula is C13H11N3O. The van der Waals surface area contributed by atoms with Gasteiger partial charge in [0.25, 0.3) is 5.56 Å². The number of nitrogens with one attached hydrogen (secondary N) is 1. The van der Waals surface area contributed by atoms with Crippen molar-refractivity contribution in [2.45, 2.75) is 6.42 Å². The molecule has 0 amide bonds. The molecule has 1 aliphatic heterocycles. The van der Waals surface area contributed by atoms with Crippen LogP contribution in [-0.4, -0.2) is 18.1 Å².